The summed E-state index contributed by atoms with van der Waals surface area (Å²) in [5.74, 6) is -0.898. The van der Waals surface area contributed by atoms with E-state index in [4.69, 9.17) is 11.6 Å². The molecule has 0 aliphatic carbocycles. The Kier molecular flexibility index (Phi) is 2.48. The normalized spacial score (nSPS) is 10.0. The van der Waals surface area contributed by atoms with Gasteiger partial charge in [0, 0.05) is 0 Å². The van der Waals surface area contributed by atoms with Gasteiger partial charge < -0.3 is 0 Å². The first-order valence-corrected chi connectivity index (χ1v) is 3.86. The lowest BCUT2D eigenvalue weighted by atomic mass is 10.1. The first-order valence-electron chi connectivity index (χ1n) is 3.49. The molecule has 3 heteroatoms. The van der Waals surface area contributed by atoms with Crippen LogP contribution in [0.4, 0.5) is 4.39 Å². The summed E-state index contributed by atoms with van der Waals surface area (Å²) in [6.07, 6.45) is 0. The zero-order valence-electron chi connectivity index (χ0n) is 6.82. The van der Waals surface area contributed by atoms with E-state index in [1.54, 1.807) is 13.0 Å². The molecule has 1 aromatic carbocycles. The van der Waals surface area contributed by atoms with Gasteiger partial charge in [0.1, 0.15) is 5.82 Å². The molecule has 0 unspecified atom stereocenters. The smallest absolute Gasteiger partial charge is 0.164 e. The summed E-state index contributed by atoms with van der Waals surface area (Å²) in [5.41, 5.74) is 0.685. The molecule has 1 nitrogen and oxygen atoms in total. The van der Waals surface area contributed by atoms with Crippen LogP contribution in [0.15, 0.2) is 12.1 Å². The average Bonchev–Trinajstić information content (AvgIpc) is 1.82. The molecule has 0 bridgehead atoms. The number of halogens is 2. The van der Waals surface area contributed by atoms with Crippen LogP contribution in [-0.2, 0) is 0 Å². The third-order valence-electron chi connectivity index (χ3n) is 1.54. The molecule has 0 N–H and O–H groups in total. The number of hydrogen-bond acceptors (Lipinski definition) is 1. The Morgan fingerprint density at radius 1 is 1.50 bits per heavy atom. The summed E-state index contributed by atoms with van der Waals surface area (Å²) < 4.78 is 13.1. The minimum atomic E-state index is -0.549. The molecule has 0 heterocycles. The van der Waals surface area contributed by atoms with Crippen LogP contribution in [0.25, 0.3) is 0 Å². The third kappa shape index (κ3) is 1.64. The summed E-state index contributed by atoms with van der Waals surface area (Å²) in [5, 5.41) is 0.181. The first kappa shape index (κ1) is 9.20. The Labute approximate surface area is 75.2 Å². The summed E-state index contributed by atoms with van der Waals surface area (Å²) in [4.78, 5) is 10.9. The predicted octanol–water partition coefficient (Wildman–Crippen LogP) is 2.99. The molecule has 0 saturated heterocycles. The van der Waals surface area contributed by atoms with Gasteiger partial charge in [-0.2, -0.15) is 0 Å². The van der Waals surface area contributed by atoms with E-state index in [9.17, 15) is 9.18 Å². The largest absolute Gasteiger partial charge is 0.294 e. The first-order chi connectivity index (χ1) is 5.52. The van der Waals surface area contributed by atoms with Crippen molar-refractivity contribution in [3.63, 3.8) is 0 Å². The maximum atomic E-state index is 13.1. The van der Waals surface area contributed by atoms with Crippen molar-refractivity contribution < 1.29 is 9.18 Å². The number of ketones is 1. The zero-order valence-corrected chi connectivity index (χ0v) is 7.57. The van der Waals surface area contributed by atoms with Gasteiger partial charge in [0.2, 0.25) is 0 Å². The highest BCUT2D eigenvalue weighted by atomic mass is 35.5. The van der Waals surface area contributed by atoms with Crippen LogP contribution >= 0.6 is 11.6 Å². The SMILES string of the molecule is CC(=O)c1c(F)cc(C)cc1Cl. The van der Waals surface area contributed by atoms with Gasteiger partial charge in [-0.1, -0.05) is 11.6 Å². The Bertz CT molecular complexity index is 310. The topological polar surface area (TPSA) is 17.1 Å². The Balaban J connectivity index is 3.38. The number of rotatable bonds is 1. The van der Waals surface area contributed by atoms with Gasteiger partial charge in [-0.25, -0.2) is 4.39 Å². The lowest BCUT2D eigenvalue weighted by molar-refractivity contribution is 0.101. The van der Waals surface area contributed by atoms with Crippen molar-refractivity contribution in [2.75, 3.05) is 0 Å². The average molecular weight is 187 g/mol. The number of carbonyl (C=O) groups excluding carboxylic acids is 1. The molecule has 1 rings (SSSR count). The monoisotopic (exact) mass is 186 g/mol. The predicted molar refractivity (Wildman–Crippen MR) is 46.2 cm³/mol. The molecule has 1 aromatic rings. The third-order valence-corrected chi connectivity index (χ3v) is 1.84. The van der Waals surface area contributed by atoms with Crippen molar-refractivity contribution in [3.8, 4) is 0 Å². The molecule has 0 atom stereocenters. The fourth-order valence-electron chi connectivity index (χ4n) is 1.04. The molecule has 64 valence electrons. The molecule has 0 aliphatic rings. The summed E-state index contributed by atoms with van der Waals surface area (Å²) in [6.45, 7) is 3.01. The van der Waals surface area contributed by atoms with Crippen LogP contribution in [-0.4, -0.2) is 5.78 Å². The van der Waals surface area contributed by atoms with Gasteiger partial charge in [-0.05, 0) is 31.5 Å². The highest BCUT2D eigenvalue weighted by Gasteiger charge is 2.11. The quantitative estimate of drug-likeness (QED) is 0.617. The number of carbonyl (C=O) groups is 1. The van der Waals surface area contributed by atoms with Crippen LogP contribution in [0.3, 0.4) is 0 Å². The molecular weight excluding hydrogens is 179 g/mol. The molecule has 0 radical (unpaired) electrons. The van der Waals surface area contributed by atoms with Crippen molar-refractivity contribution in [2.24, 2.45) is 0 Å². The van der Waals surface area contributed by atoms with E-state index in [2.05, 4.69) is 0 Å². The second-order valence-electron chi connectivity index (χ2n) is 2.66. The van der Waals surface area contributed by atoms with Gasteiger partial charge in [0.05, 0.1) is 10.6 Å². The molecule has 0 aliphatic heterocycles. The Hall–Kier alpha value is -0.890. The number of Topliss-reactive ketones (excluding diaryl/α,β-unsaturated/α-hetero) is 1. The van der Waals surface area contributed by atoms with Gasteiger partial charge >= 0.3 is 0 Å². The number of aryl methyl sites for hydroxylation is 1. The van der Waals surface area contributed by atoms with E-state index in [-0.39, 0.29) is 16.4 Å². The van der Waals surface area contributed by atoms with E-state index in [0.29, 0.717) is 5.56 Å². The molecular formula is C9H8ClFO. The highest BCUT2D eigenvalue weighted by molar-refractivity contribution is 6.33. The van der Waals surface area contributed by atoms with Gasteiger partial charge in [0.15, 0.2) is 5.78 Å². The van der Waals surface area contributed by atoms with Crippen LogP contribution in [0.5, 0.6) is 0 Å². The Morgan fingerprint density at radius 3 is 2.50 bits per heavy atom. The fraction of sp³-hybridized carbons (Fsp3) is 0.222. The van der Waals surface area contributed by atoms with Gasteiger partial charge in [-0.3, -0.25) is 4.79 Å². The summed E-state index contributed by atoms with van der Waals surface area (Å²) in [7, 11) is 0. The van der Waals surface area contributed by atoms with E-state index >= 15 is 0 Å². The molecule has 0 fully saturated rings. The van der Waals surface area contributed by atoms with Crippen LogP contribution < -0.4 is 0 Å². The maximum absolute atomic E-state index is 13.1. The Morgan fingerprint density at radius 2 is 2.08 bits per heavy atom. The molecule has 0 aromatic heterocycles. The maximum Gasteiger partial charge on any atom is 0.164 e. The van der Waals surface area contributed by atoms with Crippen molar-refractivity contribution in [1.82, 2.24) is 0 Å². The molecule has 0 spiro atoms. The zero-order chi connectivity index (χ0) is 9.30. The van der Waals surface area contributed by atoms with Crippen LogP contribution in [0, 0.1) is 12.7 Å². The van der Waals surface area contributed by atoms with E-state index < -0.39 is 5.82 Å². The molecule has 0 saturated carbocycles. The van der Waals surface area contributed by atoms with E-state index in [0.717, 1.165) is 0 Å². The standard InChI is InChI=1S/C9H8ClFO/c1-5-3-7(10)9(6(2)12)8(11)4-5/h3-4H,1-2H3. The second kappa shape index (κ2) is 3.23. The second-order valence-corrected chi connectivity index (χ2v) is 3.07. The van der Waals surface area contributed by atoms with Gasteiger partial charge in [-0.15, -0.1) is 0 Å². The van der Waals surface area contributed by atoms with Crippen molar-refractivity contribution in [2.45, 2.75) is 13.8 Å². The fourth-order valence-corrected chi connectivity index (χ4v) is 1.43. The lowest BCUT2D eigenvalue weighted by Crippen LogP contribution is -1.98. The number of benzene rings is 1. The van der Waals surface area contributed by atoms with E-state index in [1.807, 2.05) is 0 Å². The lowest BCUT2D eigenvalue weighted by Gasteiger charge is -2.02. The highest BCUT2D eigenvalue weighted by Crippen LogP contribution is 2.21. The van der Waals surface area contributed by atoms with Crippen molar-refractivity contribution >= 4 is 17.4 Å². The minimum Gasteiger partial charge on any atom is -0.294 e. The number of hydrogen-bond donors (Lipinski definition) is 0. The van der Waals surface area contributed by atoms with Crippen molar-refractivity contribution in [1.29, 1.82) is 0 Å². The van der Waals surface area contributed by atoms with E-state index in [1.165, 1.54) is 13.0 Å². The molecule has 12 heavy (non-hydrogen) atoms. The van der Waals surface area contributed by atoms with Gasteiger partial charge in [0.25, 0.3) is 0 Å². The van der Waals surface area contributed by atoms with Crippen LogP contribution in [0.2, 0.25) is 5.02 Å². The van der Waals surface area contributed by atoms with Crippen molar-refractivity contribution in [3.05, 3.63) is 34.1 Å². The van der Waals surface area contributed by atoms with Crippen LogP contribution in [0.1, 0.15) is 22.8 Å². The summed E-state index contributed by atoms with van der Waals surface area (Å²) in [6, 6.07) is 2.87. The molecule has 0 amide bonds. The summed E-state index contributed by atoms with van der Waals surface area (Å²) >= 11 is 5.67. The minimum absolute atomic E-state index is 0.0257.